The van der Waals surface area contributed by atoms with Crippen LogP contribution in [-0.4, -0.2) is 68.1 Å². The van der Waals surface area contributed by atoms with Crippen molar-refractivity contribution >= 4 is 15.9 Å². The SMILES string of the molecule is COCCN(Cc1cccn1C)C(=O)CN(C(C)C)S(=O)(=O)c1ccc(OC)cc1. The highest BCUT2D eigenvalue weighted by atomic mass is 32.2. The number of aryl methyl sites for hydroxylation is 1. The van der Waals surface area contributed by atoms with Gasteiger partial charge in [-0.1, -0.05) is 0 Å². The van der Waals surface area contributed by atoms with Crippen LogP contribution in [0.4, 0.5) is 0 Å². The molecular formula is C21H31N3O5S. The van der Waals surface area contributed by atoms with Gasteiger partial charge in [-0.3, -0.25) is 4.79 Å². The molecule has 0 saturated carbocycles. The van der Waals surface area contributed by atoms with E-state index in [2.05, 4.69) is 0 Å². The van der Waals surface area contributed by atoms with Gasteiger partial charge in [0.1, 0.15) is 5.75 Å². The fourth-order valence-electron chi connectivity index (χ4n) is 3.01. The molecule has 2 aromatic rings. The lowest BCUT2D eigenvalue weighted by atomic mass is 10.3. The van der Waals surface area contributed by atoms with E-state index in [1.165, 1.54) is 23.5 Å². The van der Waals surface area contributed by atoms with Crippen LogP contribution in [0.15, 0.2) is 47.5 Å². The van der Waals surface area contributed by atoms with Gasteiger partial charge in [0.05, 0.1) is 31.7 Å². The smallest absolute Gasteiger partial charge is 0.243 e. The molecular weight excluding hydrogens is 406 g/mol. The topological polar surface area (TPSA) is 81.1 Å². The Balaban J connectivity index is 2.25. The number of amides is 1. The molecule has 0 fully saturated rings. The van der Waals surface area contributed by atoms with Gasteiger partial charge >= 0.3 is 0 Å². The zero-order chi connectivity index (χ0) is 22.3. The van der Waals surface area contributed by atoms with Crippen LogP contribution in [0.25, 0.3) is 0 Å². The zero-order valence-corrected chi connectivity index (χ0v) is 19.1. The highest BCUT2D eigenvalue weighted by Crippen LogP contribution is 2.21. The molecule has 0 aliphatic carbocycles. The molecule has 2 rings (SSSR count). The lowest BCUT2D eigenvalue weighted by Crippen LogP contribution is -2.46. The van der Waals surface area contributed by atoms with E-state index in [-0.39, 0.29) is 23.4 Å². The van der Waals surface area contributed by atoms with Gasteiger partial charge < -0.3 is 18.9 Å². The zero-order valence-electron chi connectivity index (χ0n) is 18.2. The fraction of sp³-hybridized carbons (Fsp3) is 0.476. The summed E-state index contributed by atoms with van der Waals surface area (Å²) < 4.78 is 39.8. The molecule has 9 heteroatoms. The molecule has 1 heterocycles. The van der Waals surface area contributed by atoms with Crippen molar-refractivity contribution in [2.24, 2.45) is 7.05 Å². The summed E-state index contributed by atoms with van der Waals surface area (Å²) in [4.78, 5) is 14.9. The van der Waals surface area contributed by atoms with Gasteiger partial charge in [-0.15, -0.1) is 0 Å². The average molecular weight is 438 g/mol. The van der Waals surface area contributed by atoms with Gasteiger partial charge in [-0.05, 0) is 50.2 Å². The Labute approximate surface area is 179 Å². The van der Waals surface area contributed by atoms with Crippen LogP contribution in [0.3, 0.4) is 0 Å². The maximum Gasteiger partial charge on any atom is 0.243 e. The monoisotopic (exact) mass is 437 g/mol. The maximum absolute atomic E-state index is 13.2. The van der Waals surface area contributed by atoms with E-state index in [4.69, 9.17) is 9.47 Å². The van der Waals surface area contributed by atoms with Gasteiger partial charge in [0.2, 0.25) is 15.9 Å². The number of hydrogen-bond acceptors (Lipinski definition) is 5. The number of carbonyl (C=O) groups excluding carboxylic acids is 1. The van der Waals surface area contributed by atoms with E-state index >= 15 is 0 Å². The highest BCUT2D eigenvalue weighted by molar-refractivity contribution is 7.89. The largest absolute Gasteiger partial charge is 0.497 e. The molecule has 0 aliphatic rings. The normalized spacial score (nSPS) is 11.8. The molecule has 1 aromatic carbocycles. The van der Waals surface area contributed by atoms with Crippen molar-refractivity contribution in [1.29, 1.82) is 0 Å². The van der Waals surface area contributed by atoms with E-state index < -0.39 is 10.0 Å². The van der Waals surface area contributed by atoms with Gasteiger partial charge in [0.25, 0.3) is 0 Å². The summed E-state index contributed by atoms with van der Waals surface area (Å²) in [7, 11) is 1.14. The first kappa shape index (κ1) is 23.9. The number of hydrogen-bond donors (Lipinski definition) is 0. The predicted octanol–water partition coefficient (Wildman–Crippen LogP) is 2.11. The molecule has 1 aromatic heterocycles. The number of methoxy groups -OCH3 is 2. The van der Waals surface area contributed by atoms with E-state index in [0.29, 0.717) is 25.4 Å². The number of nitrogens with zero attached hydrogens (tertiary/aromatic N) is 3. The van der Waals surface area contributed by atoms with Crippen molar-refractivity contribution in [1.82, 2.24) is 13.8 Å². The Morgan fingerprint density at radius 3 is 2.30 bits per heavy atom. The fourth-order valence-corrected chi connectivity index (χ4v) is 4.60. The lowest BCUT2D eigenvalue weighted by molar-refractivity contribution is -0.133. The molecule has 0 atom stereocenters. The number of ether oxygens (including phenoxy) is 2. The summed E-state index contributed by atoms with van der Waals surface area (Å²) in [6, 6.07) is 9.60. The number of benzene rings is 1. The van der Waals surface area contributed by atoms with Crippen LogP contribution in [0, 0.1) is 0 Å². The molecule has 0 N–H and O–H groups in total. The molecule has 0 bridgehead atoms. The highest BCUT2D eigenvalue weighted by Gasteiger charge is 2.30. The molecule has 30 heavy (non-hydrogen) atoms. The molecule has 1 amide bonds. The predicted molar refractivity (Wildman–Crippen MR) is 115 cm³/mol. The van der Waals surface area contributed by atoms with E-state index in [0.717, 1.165) is 5.69 Å². The van der Waals surface area contributed by atoms with Crippen molar-refractivity contribution in [2.45, 2.75) is 31.3 Å². The number of aromatic nitrogens is 1. The van der Waals surface area contributed by atoms with Crippen LogP contribution in [0.5, 0.6) is 5.75 Å². The van der Waals surface area contributed by atoms with Crippen LogP contribution in [-0.2, 0) is 33.1 Å². The third kappa shape index (κ3) is 5.84. The Kier molecular flexibility index (Phi) is 8.45. The summed E-state index contributed by atoms with van der Waals surface area (Å²) in [5.41, 5.74) is 0.952. The third-order valence-corrected chi connectivity index (χ3v) is 6.89. The average Bonchev–Trinajstić information content (AvgIpc) is 3.13. The first-order valence-electron chi connectivity index (χ1n) is 9.73. The summed E-state index contributed by atoms with van der Waals surface area (Å²) >= 11 is 0. The summed E-state index contributed by atoms with van der Waals surface area (Å²) in [5.74, 6) is 0.286. The van der Waals surface area contributed by atoms with Crippen molar-refractivity contribution in [3.63, 3.8) is 0 Å². The third-order valence-electron chi connectivity index (χ3n) is 4.86. The first-order valence-corrected chi connectivity index (χ1v) is 11.2. The molecule has 166 valence electrons. The second kappa shape index (κ2) is 10.6. The Hall–Kier alpha value is -2.36. The van der Waals surface area contributed by atoms with Crippen molar-refractivity contribution in [2.75, 3.05) is 33.9 Å². The molecule has 0 aliphatic heterocycles. The maximum atomic E-state index is 13.2. The second-order valence-corrected chi connectivity index (χ2v) is 9.13. The molecule has 0 spiro atoms. The molecule has 0 saturated heterocycles. The molecule has 8 nitrogen and oxygen atoms in total. The lowest BCUT2D eigenvalue weighted by Gasteiger charge is -2.29. The van der Waals surface area contributed by atoms with E-state index in [9.17, 15) is 13.2 Å². The van der Waals surface area contributed by atoms with E-state index in [1.807, 2.05) is 29.9 Å². The first-order chi connectivity index (χ1) is 14.2. The van der Waals surface area contributed by atoms with Gasteiger partial charge in [-0.2, -0.15) is 4.31 Å². The van der Waals surface area contributed by atoms with Gasteiger partial charge in [-0.25, -0.2) is 8.42 Å². The van der Waals surface area contributed by atoms with Crippen LogP contribution in [0.1, 0.15) is 19.5 Å². The number of sulfonamides is 1. The van der Waals surface area contributed by atoms with Crippen LogP contribution in [0.2, 0.25) is 0 Å². The summed E-state index contributed by atoms with van der Waals surface area (Å²) in [5, 5.41) is 0. The summed E-state index contributed by atoms with van der Waals surface area (Å²) in [6.45, 7) is 4.37. The minimum absolute atomic E-state index is 0.121. The quantitative estimate of drug-likeness (QED) is 0.538. The van der Waals surface area contributed by atoms with Crippen molar-refractivity contribution < 1.29 is 22.7 Å². The van der Waals surface area contributed by atoms with Gasteiger partial charge in [0.15, 0.2) is 0 Å². The number of rotatable bonds is 11. The van der Waals surface area contributed by atoms with Gasteiger partial charge in [0, 0.05) is 38.6 Å². The standard InChI is InChI=1S/C21H31N3O5S/c1-17(2)24(30(26,27)20-10-8-19(29-5)9-11-20)16-21(25)23(13-14-28-4)15-18-7-6-12-22(18)3/h6-12,17H,13-16H2,1-5H3. The molecule has 0 radical (unpaired) electrons. The minimum Gasteiger partial charge on any atom is -0.497 e. The van der Waals surface area contributed by atoms with E-state index in [1.54, 1.807) is 38.0 Å². The number of carbonyl (C=O) groups is 1. The summed E-state index contributed by atoms with van der Waals surface area (Å²) in [6.07, 6.45) is 1.91. The Morgan fingerprint density at radius 1 is 1.13 bits per heavy atom. The van der Waals surface area contributed by atoms with Crippen molar-refractivity contribution in [3.8, 4) is 5.75 Å². The second-order valence-electron chi connectivity index (χ2n) is 7.24. The Bertz CT molecular complexity index is 922. The molecule has 0 unspecified atom stereocenters. The van der Waals surface area contributed by atoms with Crippen LogP contribution < -0.4 is 4.74 Å². The minimum atomic E-state index is -3.85. The Morgan fingerprint density at radius 2 is 1.80 bits per heavy atom. The van der Waals surface area contributed by atoms with Crippen molar-refractivity contribution in [3.05, 3.63) is 48.3 Å². The van der Waals surface area contributed by atoms with Crippen LogP contribution >= 0.6 is 0 Å².